The summed E-state index contributed by atoms with van der Waals surface area (Å²) in [6.45, 7) is 3.70. The van der Waals surface area contributed by atoms with Gasteiger partial charge in [0.05, 0.1) is 5.69 Å². The fourth-order valence-corrected chi connectivity index (χ4v) is 2.66. The number of carbonyl (C=O) groups is 1. The summed E-state index contributed by atoms with van der Waals surface area (Å²) in [5.41, 5.74) is 6.65. The third-order valence-electron chi connectivity index (χ3n) is 3.68. The summed E-state index contributed by atoms with van der Waals surface area (Å²) in [5, 5.41) is 14.7. The lowest BCUT2D eigenvalue weighted by Gasteiger charge is -2.30. The molecule has 0 bridgehead atoms. The molecule has 0 aromatic heterocycles. The molecule has 114 valence electrons. The Labute approximate surface area is 132 Å². The molecule has 1 aromatic rings. The van der Waals surface area contributed by atoms with Gasteiger partial charge in [-0.25, -0.2) is 4.79 Å². The number of piperidine rings is 1. The predicted octanol–water partition coefficient (Wildman–Crippen LogP) is 2.81. The summed E-state index contributed by atoms with van der Waals surface area (Å²) in [4.78, 5) is 14.1. The van der Waals surface area contributed by atoms with Crippen molar-refractivity contribution in [3.8, 4) is 0 Å². The van der Waals surface area contributed by atoms with Crippen LogP contribution in [0.5, 0.6) is 0 Å². The number of amidine groups is 1. The van der Waals surface area contributed by atoms with E-state index in [1.165, 1.54) is 0 Å². The van der Waals surface area contributed by atoms with Crippen molar-refractivity contribution in [1.82, 2.24) is 4.90 Å². The SMILES string of the molecule is CC1CCN(C(=O)Nc2ccc(Br)cc2/C(N)=N/O)CC1. The third kappa shape index (κ3) is 3.87. The molecule has 1 saturated heterocycles. The molecule has 21 heavy (non-hydrogen) atoms. The second-order valence-corrected chi connectivity index (χ2v) is 6.19. The number of anilines is 1. The second-order valence-electron chi connectivity index (χ2n) is 5.27. The summed E-state index contributed by atoms with van der Waals surface area (Å²) < 4.78 is 0.786. The van der Waals surface area contributed by atoms with Gasteiger partial charge in [0.25, 0.3) is 0 Å². The summed E-state index contributed by atoms with van der Waals surface area (Å²) in [6.07, 6.45) is 2.03. The van der Waals surface area contributed by atoms with Crippen LogP contribution in [-0.2, 0) is 0 Å². The van der Waals surface area contributed by atoms with E-state index < -0.39 is 0 Å². The first-order chi connectivity index (χ1) is 10.0. The maximum atomic E-state index is 12.3. The number of carbonyl (C=O) groups excluding carboxylic acids is 1. The Morgan fingerprint density at radius 1 is 1.48 bits per heavy atom. The third-order valence-corrected chi connectivity index (χ3v) is 4.17. The van der Waals surface area contributed by atoms with Crippen LogP contribution in [0.1, 0.15) is 25.3 Å². The second kappa shape index (κ2) is 6.80. The van der Waals surface area contributed by atoms with Crippen molar-refractivity contribution in [1.29, 1.82) is 0 Å². The number of rotatable bonds is 2. The van der Waals surface area contributed by atoms with Crippen molar-refractivity contribution >= 4 is 33.5 Å². The molecule has 1 fully saturated rings. The van der Waals surface area contributed by atoms with E-state index in [1.54, 1.807) is 23.1 Å². The van der Waals surface area contributed by atoms with Crippen LogP contribution in [0.4, 0.5) is 10.5 Å². The number of benzene rings is 1. The van der Waals surface area contributed by atoms with E-state index in [9.17, 15) is 4.79 Å². The Morgan fingerprint density at radius 2 is 2.14 bits per heavy atom. The molecular weight excluding hydrogens is 336 g/mol. The topological polar surface area (TPSA) is 91.0 Å². The number of oxime groups is 1. The van der Waals surface area contributed by atoms with Crippen molar-refractivity contribution in [3.63, 3.8) is 0 Å². The van der Waals surface area contributed by atoms with Crippen LogP contribution in [-0.4, -0.2) is 35.1 Å². The van der Waals surface area contributed by atoms with Gasteiger partial charge in [0, 0.05) is 23.1 Å². The molecule has 1 heterocycles. The smallest absolute Gasteiger partial charge is 0.321 e. The highest BCUT2D eigenvalue weighted by molar-refractivity contribution is 9.10. The number of amides is 2. The fourth-order valence-electron chi connectivity index (χ4n) is 2.30. The van der Waals surface area contributed by atoms with E-state index in [-0.39, 0.29) is 11.9 Å². The molecule has 0 radical (unpaired) electrons. The number of likely N-dealkylation sites (tertiary alicyclic amines) is 1. The van der Waals surface area contributed by atoms with E-state index >= 15 is 0 Å². The molecule has 0 atom stereocenters. The minimum Gasteiger partial charge on any atom is -0.409 e. The van der Waals surface area contributed by atoms with Crippen LogP contribution in [0.15, 0.2) is 27.8 Å². The van der Waals surface area contributed by atoms with Crippen molar-refractivity contribution in [2.24, 2.45) is 16.8 Å². The number of urea groups is 1. The maximum Gasteiger partial charge on any atom is 0.321 e. The Hall–Kier alpha value is -1.76. The quantitative estimate of drug-likeness (QED) is 0.330. The highest BCUT2D eigenvalue weighted by Gasteiger charge is 2.21. The van der Waals surface area contributed by atoms with Gasteiger partial charge in [-0.15, -0.1) is 0 Å². The Bertz CT molecular complexity index is 554. The van der Waals surface area contributed by atoms with Crippen LogP contribution in [0.2, 0.25) is 0 Å². The number of halogens is 1. The minimum atomic E-state index is -0.156. The van der Waals surface area contributed by atoms with Crippen molar-refractivity contribution in [2.75, 3.05) is 18.4 Å². The van der Waals surface area contributed by atoms with Crippen LogP contribution < -0.4 is 11.1 Å². The molecule has 2 rings (SSSR count). The van der Waals surface area contributed by atoms with Gasteiger partial charge in [0.2, 0.25) is 0 Å². The highest BCUT2D eigenvalue weighted by Crippen LogP contribution is 2.22. The van der Waals surface area contributed by atoms with Crippen molar-refractivity contribution < 1.29 is 10.0 Å². The minimum absolute atomic E-state index is 0.0427. The number of nitrogens with zero attached hydrogens (tertiary/aromatic N) is 2. The van der Waals surface area contributed by atoms with Gasteiger partial charge in [0.1, 0.15) is 0 Å². The summed E-state index contributed by atoms with van der Waals surface area (Å²) >= 11 is 3.33. The van der Waals surface area contributed by atoms with Crippen LogP contribution >= 0.6 is 15.9 Å². The zero-order valence-corrected chi connectivity index (χ0v) is 13.4. The number of nitrogens with one attached hydrogen (secondary N) is 1. The lowest BCUT2D eigenvalue weighted by Crippen LogP contribution is -2.40. The molecule has 0 unspecified atom stereocenters. The van der Waals surface area contributed by atoms with Crippen molar-refractivity contribution in [2.45, 2.75) is 19.8 Å². The van der Waals surface area contributed by atoms with E-state index in [0.717, 1.165) is 30.4 Å². The van der Waals surface area contributed by atoms with Crippen LogP contribution in [0.25, 0.3) is 0 Å². The molecular formula is C14H19BrN4O2. The van der Waals surface area contributed by atoms with Gasteiger partial charge in [-0.1, -0.05) is 28.0 Å². The molecule has 0 saturated carbocycles. The molecule has 0 aliphatic carbocycles. The van der Waals surface area contributed by atoms with E-state index in [1.807, 2.05) is 0 Å². The molecule has 0 spiro atoms. The Kier molecular flexibility index (Phi) is 5.06. The normalized spacial score (nSPS) is 16.9. The van der Waals surface area contributed by atoms with Crippen LogP contribution in [0, 0.1) is 5.92 Å². The van der Waals surface area contributed by atoms with Crippen LogP contribution in [0.3, 0.4) is 0 Å². The average Bonchev–Trinajstić information content (AvgIpc) is 2.48. The molecule has 1 aliphatic rings. The van der Waals surface area contributed by atoms with Gasteiger partial charge in [-0.2, -0.15) is 0 Å². The molecule has 2 amide bonds. The lowest BCUT2D eigenvalue weighted by molar-refractivity contribution is 0.186. The van der Waals surface area contributed by atoms with E-state index in [4.69, 9.17) is 10.9 Å². The average molecular weight is 355 g/mol. The van der Waals surface area contributed by atoms with Gasteiger partial charge in [-0.3, -0.25) is 0 Å². The summed E-state index contributed by atoms with van der Waals surface area (Å²) in [5.74, 6) is 0.619. The zero-order valence-electron chi connectivity index (χ0n) is 11.8. The summed E-state index contributed by atoms with van der Waals surface area (Å²) in [7, 11) is 0. The fraction of sp³-hybridized carbons (Fsp3) is 0.429. The molecule has 4 N–H and O–H groups in total. The van der Waals surface area contributed by atoms with E-state index in [2.05, 4.69) is 33.3 Å². The molecule has 7 heteroatoms. The molecule has 6 nitrogen and oxygen atoms in total. The number of hydrogen-bond acceptors (Lipinski definition) is 3. The highest BCUT2D eigenvalue weighted by atomic mass is 79.9. The monoisotopic (exact) mass is 354 g/mol. The van der Waals surface area contributed by atoms with Gasteiger partial charge in [-0.05, 0) is 37.0 Å². The Balaban J connectivity index is 2.14. The number of hydrogen-bond donors (Lipinski definition) is 3. The molecule has 1 aromatic carbocycles. The first kappa shape index (κ1) is 15.6. The largest absolute Gasteiger partial charge is 0.409 e. The molecule has 1 aliphatic heterocycles. The standard InChI is InChI=1S/C14H19BrN4O2/c1-9-4-6-19(7-5-9)14(20)17-12-3-2-10(15)8-11(12)13(16)18-21/h2-3,8-9,21H,4-7H2,1H3,(H2,16,18)(H,17,20). The zero-order chi connectivity index (χ0) is 15.4. The van der Waals surface area contributed by atoms with Gasteiger partial charge < -0.3 is 21.2 Å². The van der Waals surface area contributed by atoms with Gasteiger partial charge >= 0.3 is 6.03 Å². The first-order valence-electron chi connectivity index (χ1n) is 6.84. The van der Waals surface area contributed by atoms with Gasteiger partial charge in [0.15, 0.2) is 5.84 Å². The van der Waals surface area contributed by atoms with E-state index in [0.29, 0.717) is 17.2 Å². The summed E-state index contributed by atoms with van der Waals surface area (Å²) in [6, 6.07) is 5.06. The van der Waals surface area contributed by atoms with Crippen molar-refractivity contribution in [3.05, 3.63) is 28.2 Å². The Morgan fingerprint density at radius 3 is 2.76 bits per heavy atom. The maximum absolute atomic E-state index is 12.3. The number of nitrogens with two attached hydrogens (primary N) is 1. The first-order valence-corrected chi connectivity index (χ1v) is 7.64. The lowest BCUT2D eigenvalue weighted by atomic mass is 10.00. The predicted molar refractivity (Wildman–Crippen MR) is 85.6 cm³/mol.